The highest BCUT2D eigenvalue weighted by Crippen LogP contribution is 2.34. The minimum atomic E-state index is -4.58. The van der Waals surface area contributed by atoms with Crippen LogP contribution in [0.15, 0.2) is 53.7 Å². The maximum absolute atomic E-state index is 13.0. The molecule has 0 aliphatic rings. The third-order valence-corrected chi connectivity index (χ3v) is 3.16. The third kappa shape index (κ3) is 4.50. The van der Waals surface area contributed by atoms with Crippen molar-refractivity contribution >= 4 is 11.6 Å². The molecule has 0 aliphatic heterocycles. The van der Waals surface area contributed by atoms with Gasteiger partial charge in [-0.15, -0.1) is 0 Å². The van der Waals surface area contributed by atoms with Crippen LogP contribution in [-0.4, -0.2) is 25.8 Å². The third-order valence-electron chi connectivity index (χ3n) is 3.16. The summed E-state index contributed by atoms with van der Waals surface area (Å²) in [7, 11) is 2.52. The first-order chi connectivity index (χ1) is 11.9. The van der Waals surface area contributed by atoms with Crippen molar-refractivity contribution in [2.24, 2.45) is 5.16 Å². The summed E-state index contributed by atoms with van der Waals surface area (Å²) in [6, 6.07) is 11.3. The minimum Gasteiger partial charge on any atom is -0.457 e. The van der Waals surface area contributed by atoms with Crippen molar-refractivity contribution in [1.82, 2.24) is 5.32 Å². The van der Waals surface area contributed by atoms with Crippen LogP contribution in [0, 0.1) is 0 Å². The molecular weight excluding hydrogens is 337 g/mol. The lowest BCUT2D eigenvalue weighted by molar-refractivity contribution is -0.137. The number of para-hydroxylation sites is 1. The molecule has 2 aromatic rings. The molecule has 0 unspecified atom stereocenters. The van der Waals surface area contributed by atoms with Gasteiger partial charge in [-0.1, -0.05) is 23.4 Å². The highest BCUT2D eigenvalue weighted by molar-refractivity contribution is 6.45. The summed E-state index contributed by atoms with van der Waals surface area (Å²) in [5, 5.41) is 5.86. The fraction of sp³-hybridized carbons (Fsp3) is 0.176. The Bertz CT molecular complexity index is 774. The zero-order valence-electron chi connectivity index (χ0n) is 13.4. The Labute approximate surface area is 142 Å². The SMILES string of the molecule is CNC(=O)/C(=N/OC)c1cc(C(F)(F)F)ccc1Oc1ccccc1. The van der Waals surface area contributed by atoms with E-state index >= 15 is 0 Å². The second-order valence-corrected chi connectivity index (χ2v) is 4.83. The monoisotopic (exact) mass is 352 g/mol. The van der Waals surface area contributed by atoms with Crippen LogP contribution >= 0.6 is 0 Å². The number of nitrogens with one attached hydrogen (secondary N) is 1. The fourth-order valence-electron chi connectivity index (χ4n) is 2.02. The zero-order chi connectivity index (χ0) is 18.4. The second-order valence-electron chi connectivity index (χ2n) is 4.83. The number of likely N-dealkylation sites (N-methyl/N-ethyl adjacent to an activating group) is 1. The molecule has 25 heavy (non-hydrogen) atoms. The van der Waals surface area contributed by atoms with Gasteiger partial charge in [0.15, 0.2) is 5.71 Å². The van der Waals surface area contributed by atoms with Crippen LogP contribution in [0.1, 0.15) is 11.1 Å². The second kappa shape index (κ2) is 7.69. The first kappa shape index (κ1) is 18.3. The van der Waals surface area contributed by atoms with Gasteiger partial charge in [-0.2, -0.15) is 13.2 Å². The van der Waals surface area contributed by atoms with Gasteiger partial charge < -0.3 is 14.9 Å². The van der Waals surface area contributed by atoms with Crippen molar-refractivity contribution in [2.75, 3.05) is 14.2 Å². The molecule has 1 N–H and O–H groups in total. The summed E-state index contributed by atoms with van der Waals surface area (Å²) < 4.78 is 44.8. The van der Waals surface area contributed by atoms with Crippen molar-refractivity contribution in [3.8, 4) is 11.5 Å². The Morgan fingerprint density at radius 2 is 1.80 bits per heavy atom. The van der Waals surface area contributed by atoms with Gasteiger partial charge in [0.2, 0.25) is 0 Å². The van der Waals surface area contributed by atoms with Crippen molar-refractivity contribution in [2.45, 2.75) is 6.18 Å². The van der Waals surface area contributed by atoms with Crippen LogP contribution < -0.4 is 10.1 Å². The van der Waals surface area contributed by atoms with E-state index in [0.29, 0.717) is 5.75 Å². The summed E-state index contributed by atoms with van der Waals surface area (Å²) in [5.41, 5.74) is -1.41. The number of carbonyl (C=O) groups is 1. The van der Waals surface area contributed by atoms with Gasteiger partial charge >= 0.3 is 6.18 Å². The molecular formula is C17H15F3N2O3. The molecule has 0 atom stereocenters. The van der Waals surface area contributed by atoms with E-state index in [2.05, 4.69) is 15.3 Å². The topological polar surface area (TPSA) is 59.9 Å². The molecule has 2 rings (SSSR count). The van der Waals surface area contributed by atoms with Crippen LogP contribution in [0.4, 0.5) is 13.2 Å². The highest BCUT2D eigenvalue weighted by Gasteiger charge is 2.32. The normalized spacial score (nSPS) is 11.8. The molecule has 1 amide bonds. The van der Waals surface area contributed by atoms with Crippen molar-refractivity contribution in [3.05, 3.63) is 59.7 Å². The average Bonchev–Trinajstić information content (AvgIpc) is 2.59. The van der Waals surface area contributed by atoms with E-state index in [1.165, 1.54) is 14.2 Å². The molecule has 0 spiro atoms. The summed E-state index contributed by atoms with van der Waals surface area (Å²) >= 11 is 0. The first-order valence-corrected chi connectivity index (χ1v) is 7.14. The number of carbonyl (C=O) groups excluding carboxylic acids is 1. The first-order valence-electron chi connectivity index (χ1n) is 7.14. The molecule has 0 aromatic heterocycles. The van der Waals surface area contributed by atoms with Crippen molar-refractivity contribution < 1.29 is 27.5 Å². The van der Waals surface area contributed by atoms with Crippen LogP contribution in [0.5, 0.6) is 11.5 Å². The van der Waals surface area contributed by atoms with E-state index in [9.17, 15) is 18.0 Å². The number of hydrogen-bond acceptors (Lipinski definition) is 4. The highest BCUT2D eigenvalue weighted by atomic mass is 19.4. The number of ether oxygens (including phenoxy) is 1. The van der Waals surface area contributed by atoms with E-state index in [1.54, 1.807) is 30.3 Å². The van der Waals surface area contributed by atoms with Gasteiger partial charge in [-0.25, -0.2) is 0 Å². The lowest BCUT2D eigenvalue weighted by Crippen LogP contribution is -2.29. The largest absolute Gasteiger partial charge is 0.457 e. The molecule has 0 heterocycles. The Morgan fingerprint density at radius 1 is 1.12 bits per heavy atom. The molecule has 132 valence electrons. The minimum absolute atomic E-state index is 0.0404. The van der Waals surface area contributed by atoms with Gasteiger partial charge in [-0.3, -0.25) is 4.79 Å². The molecule has 0 bridgehead atoms. The maximum atomic E-state index is 13.0. The van der Waals surface area contributed by atoms with Crippen LogP contribution in [0.3, 0.4) is 0 Å². The molecule has 0 aliphatic carbocycles. The van der Waals surface area contributed by atoms with Crippen LogP contribution in [0.2, 0.25) is 0 Å². The van der Waals surface area contributed by atoms with Crippen molar-refractivity contribution in [1.29, 1.82) is 0 Å². The Morgan fingerprint density at radius 3 is 2.36 bits per heavy atom. The Balaban J connectivity index is 2.58. The quantitative estimate of drug-likeness (QED) is 0.661. The summed E-state index contributed by atoms with van der Waals surface area (Å²) in [4.78, 5) is 16.6. The van der Waals surface area contributed by atoms with E-state index in [4.69, 9.17) is 4.74 Å². The van der Waals surface area contributed by atoms with E-state index < -0.39 is 17.6 Å². The summed E-state index contributed by atoms with van der Waals surface area (Å²) in [6.07, 6.45) is -4.58. The van der Waals surface area contributed by atoms with Gasteiger partial charge in [0.1, 0.15) is 18.6 Å². The maximum Gasteiger partial charge on any atom is 0.416 e. The lowest BCUT2D eigenvalue weighted by Gasteiger charge is -2.15. The van der Waals surface area contributed by atoms with E-state index in [1.807, 2.05) is 0 Å². The number of hydrogen-bond donors (Lipinski definition) is 1. The molecule has 0 radical (unpaired) electrons. The number of oxime groups is 1. The van der Waals surface area contributed by atoms with E-state index in [-0.39, 0.29) is 17.0 Å². The predicted molar refractivity (Wildman–Crippen MR) is 85.6 cm³/mol. The summed E-state index contributed by atoms with van der Waals surface area (Å²) in [5.74, 6) is -0.269. The molecule has 0 fully saturated rings. The molecule has 0 saturated heterocycles. The number of rotatable bonds is 5. The van der Waals surface area contributed by atoms with E-state index in [0.717, 1.165) is 18.2 Å². The van der Waals surface area contributed by atoms with Gasteiger partial charge in [0, 0.05) is 7.05 Å². The van der Waals surface area contributed by atoms with Crippen LogP contribution in [-0.2, 0) is 15.8 Å². The number of halogens is 3. The van der Waals surface area contributed by atoms with Gasteiger partial charge in [0.25, 0.3) is 5.91 Å². The molecule has 0 saturated carbocycles. The number of alkyl halides is 3. The zero-order valence-corrected chi connectivity index (χ0v) is 13.4. The number of benzene rings is 2. The predicted octanol–water partition coefficient (Wildman–Crippen LogP) is 3.59. The standard InChI is InChI=1S/C17H15F3N2O3/c1-21-16(23)15(22-24-2)13-10-11(17(18,19)20)8-9-14(13)25-12-6-4-3-5-7-12/h3-10H,1-2H3,(H,21,23)/b22-15+. The lowest BCUT2D eigenvalue weighted by atomic mass is 10.0. The fourth-order valence-corrected chi connectivity index (χ4v) is 2.02. The molecule has 2 aromatic carbocycles. The number of nitrogens with zero attached hydrogens (tertiary/aromatic N) is 1. The Kier molecular flexibility index (Phi) is 5.63. The van der Waals surface area contributed by atoms with Gasteiger partial charge in [0.05, 0.1) is 11.1 Å². The van der Waals surface area contributed by atoms with Crippen molar-refractivity contribution in [3.63, 3.8) is 0 Å². The Hall–Kier alpha value is -3.03. The number of amides is 1. The van der Waals surface area contributed by atoms with Crippen LogP contribution in [0.25, 0.3) is 0 Å². The molecule has 8 heteroatoms. The van der Waals surface area contributed by atoms with Gasteiger partial charge in [-0.05, 0) is 30.3 Å². The molecule has 5 nitrogen and oxygen atoms in total. The summed E-state index contributed by atoms with van der Waals surface area (Å²) in [6.45, 7) is 0. The average molecular weight is 352 g/mol. The smallest absolute Gasteiger partial charge is 0.416 e.